The second kappa shape index (κ2) is 7.13. The van der Waals surface area contributed by atoms with E-state index < -0.39 is 0 Å². The first-order valence-electron chi connectivity index (χ1n) is 6.96. The third-order valence-corrected chi connectivity index (χ3v) is 3.06. The second-order valence-corrected chi connectivity index (χ2v) is 7.41. The van der Waals surface area contributed by atoms with E-state index >= 15 is 0 Å². The zero-order valence-electron chi connectivity index (χ0n) is 13.0. The fraction of sp³-hybridized carbons (Fsp3) is 0.933. The van der Waals surface area contributed by atoms with Crippen molar-refractivity contribution < 1.29 is 9.90 Å². The van der Waals surface area contributed by atoms with Crippen LogP contribution in [0.1, 0.15) is 60.8 Å². The number of unbranched alkanes of at least 4 members (excludes halogenated alkanes) is 1. The van der Waals surface area contributed by atoms with Crippen LogP contribution in [0.2, 0.25) is 0 Å². The van der Waals surface area contributed by atoms with Crippen molar-refractivity contribution in [3.63, 3.8) is 0 Å². The van der Waals surface area contributed by atoms with Crippen molar-refractivity contribution in [1.29, 1.82) is 0 Å². The van der Waals surface area contributed by atoms with Gasteiger partial charge in [0.25, 0.3) is 0 Å². The van der Waals surface area contributed by atoms with Crippen molar-refractivity contribution in [1.82, 2.24) is 5.32 Å². The van der Waals surface area contributed by atoms with E-state index in [1.54, 1.807) is 0 Å². The molecule has 0 radical (unpaired) electrons. The summed E-state index contributed by atoms with van der Waals surface area (Å²) in [6, 6.07) is 0. The molecule has 3 nitrogen and oxygen atoms in total. The number of carbonyl (C=O) groups is 1. The Bertz CT molecular complexity index is 248. The van der Waals surface area contributed by atoms with E-state index in [0.717, 1.165) is 19.3 Å². The number of aliphatic hydroxyl groups excluding tert-OH is 1. The molecule has 1 unspecified atom stereocenters. The first-order chi connectivity index (χ1) is 8.08. The molecule has 18 heavy (non-hydrogen) atoms. The number of rotatable bonds is 6. The predicted octanol–water partition coefficient (Wildman–Crippen LogP) is 2.97. The highest BCUT2D eigenvalue weighted by Gasteiger charge is 2.34. The largest absolute Gasteiger partial charge is 0.396 e. The number of carbonyl (C=O) groups excluding carboxylic acids is 1. The van der Waals surface area contributed by atoms with Crippen molar-refractivity contribution >= 4 is 5.91 Å². The van der Waals surface area contributed by atoms with E-state index in [2.05, 4.69) is 46.9 Å². The molecule has 0 rings (SSSR count). The van der Waals surface area contributed by atoms with Gasteiger partial charge in [-0.25, -0.2) is 0 Å². The zero-order valence-corrected chi connectivity index (χ0v) is 13.0. The van der Waals surface area contributed by atoms with Crippen LogP contribution in [0.3, 0.4) is 0 Å². The quantitative estimate of drug-likeness (QED) is 0.719. The van der Waals surface area contributed by atoms with Gasteiger partial charge in [-0.1, -0.05) is 41.5 Å². The average Bonchev–Trinajstić information content (AvgIpc) is 2.18. The molecule has 1 amide bonds. The minimum absolute atomic E-state index is 0.0195. The summed E-state index contributed by atoms with van der Waals surface area (Å²) in [5.74, 6) is 0.182. The molecule has 0 aliphatic carbocycles. The van der Waals surface area contributed by atoms with Crippen molar-refractivity contribution in [3.05, 3.63) is 0 Å². The molecule has 0 aliphatic rings. The van der Waals surface area contributed by atoms with Gasteiger partial charge in [0, 0.05) is 19.1 Å². The van der Waals surface area contributed by atoms with E-state index in [9.17, 15) is 4.79 Å². The lowest BCUT2D eigenvalue weighted by Gasteiger charge is -2.34. The molecule has 0 heterocycles. The number of nitrogens with one attached hydrogen (secondary N) is 1. The summed E-state index contributed by atoms with van der Waals surface area (Å²) < 4.78 is 0. The smallest absolute Gasteiger partial charge is 0.223 e. The zero-order chi connectivity index (χ0) is 14.4. The van der Waals surface area contributed by atoms with Crippen molar-refractivity contribution in [2.45, 2.75) is 60.8 Å². The summed E-state index contributed by atoms with van der Waals surface area (Å²) >= 11 is 0. The van der Waals surface area contributed by atoms with Gasteiger partial charge in [0.2, 0.25) is 5.91 Å². The maximum Gasteiger partial charge on any atom is 0.223 e. The molecule has 3 heteroatoms. The van der Waals surface area contributed by atoms with Gasteiger partial charge in [-0.15, -0.1) is 0 Å². The first-order valence-corrected chi connectivity index (χ1v) is 6.96. The van der Waals surface area contributed by atoms with Gasteiger partial charge in [-0.05, 0) is 30.1 Å². The SMILES string of the molecule is CC(C)(C)CC(C(=O)NCCCCO)C(C)(C)C. The fourth-order valence-corrected chi connectivity index (χ4v) is 1.98. The molecule has 0 aromatic rings. The lowest BCUT2D eigenvalue weighted by Crippen LogP contribution is -2.40. The van der Waals surface area contributed by atoms with Gasteiger partial charge < -0.3 is 10.4 Å². The van der Waals surface area contributed by atoms with Gasteiger partial charge in [-0.2, -0.15) is 0 Å². The Hall–Kier alpha value is -0.570. The van der Waals surface area contributed by atoms with Crippen LogP contribution in [0.5, 0.6) is 0 Å². The molecule has 0 spiro atoms. The standard InChI is InChI=1S/C15H31NO2/c1-14(2,3)11-12(15(4,5)6)13(18)16-9-7-8-10-17/h12,17H,7-11H2,1-6H3,(H,16,18). The van der Waals surface area contributed by atoms with E-state index in [0.29, 0.717) is 6.54 Å². The van der Waals surface area contributed by atoms with Gasteiger partial charge in [0.05, 0.1) is 0 Å². The topological polar surface area (TPSA) is 49.3 Å². The van der Waals surface area contributed by atoms with Crippen LogP contribution < -0.4 is 5.32 Å². The van der Waals surface area contributed by atoms with Gasteiger partial charge >= 0.3 is 0 Å². The summed E-state index contributed by atoms with van der Waals surface area (Å²) in [4.78, 5) is 12.3. The molecule has 2 N–H and O–H groups in total. The van der Waals surface area contributed by atoms with Gasteiger partial charge in [0.15, 0.2) is 0 Å². The van der Waals surface area contributed by atoms with E-state index in [1.807, 2.05) is 0 Å². The molecule has 108 valence electrons. The molecule has 0 saturated heterocycles. The first kappa shape index (κ1) is 17.4. The average molecular weight is 257 g/mol. The van der Waals surface area contributed by atoms with Crippen LogP contribution in [0, 0.1) is 16.7 Å². The molecule has 0 aliphatic heterocycles. The molecule has 0 saturated carbocycles. The molecular formula is C15H31NO2. The number of amides is 1. The van der Waals surface area contributed by atoms with Crippen LogP contribution in [-0.2, 0) is 4.79 Å². The van der Waals surface area contributed by atoms with Gasteiger partial charge in [-0.3, -0.25) is 4.79 Å². The third-order valence-electron chi connectivity index (χ3n) is 3.06. The van der Waals surface area contributed by atoms with E-state index in [-0.39, 0.29) is 29.3 Å². The number of hydrogen-bond acceptors (Lipinski definition) is 2. The molecule has 1 atom stereocenters. The van der Waals surface area contributed by atoms with E-state index in [1.165, 1.54) is 0 Å². The molecule has 0 aromatic heterocycles. The Morgan fingerprint density at radius 3 is 2.06 bits per heavy atom. The summed E-state index contributed by atoms with van der Waals surface area (Å²) in [6.45, 7) is 13.7. The third kappa shape index (κ3) is 7.70. The molecule has 0 fully saturated rings. The van der Waals surface area contributed by atoms with Crippen molar-refractivity contribution in [2.24, 2.45) is 16.7 Å². The molecular weight excluding hydrogens is 226 g/mol. The molecule has 0 aromatic carbocycles. The monoisotopic (exact) mass is 257 g/mol. The second-order valence-electron chi connectivity index (χ2n) is 7.41. The Morgan fingerprint density at radius 2 is 1.67 bits per heavy atom. The summed E-state index contributed by atoms with van der Waals surface area (Å²) in [5.41, 5.74) is 0.134. The van der Waals surface area contributed by atoms with Crippen molar-refractivity contribution in [2.75, 3.05) is 13.2 Å². The summed E-state index contributed by atoms with van der Waals surface area (Å²) in [6.07, 6.45) is 2.48. The maximum atomic E-state index is 12.3. The van der Waals surface area contributed by atoms with Crippen LogP contribution in [0.15, 0.2) is 0 Å². The van der Waals surface area contributed by atoms with Crippen LogP contribution >= 0.6 is 0 Å². The number of hydrogen-bond donors (Lipinski definition) is 2. The number of aliphatic hydroxyl groups is 1. The van der Waals surface area contributed by atoms with Crippen LogP contribution in [0.25, 0.3) is 0 Å². The minimum atomic E-state index is -0.0195. The Kier molecular flexibility index (Phi) is 6.90. The highest BCUT2D eigenvalue weighted by Crippen LogP contribution is 2.36. The lowest BCUT2D eigenvalue weighted by atomic mass is 9.71. The highest BCUT2D eigenvalue weighted by molar-refractivity contribution is 5.79. The van der Waals surface area contributed by atoms with Crippen molar-refractivity contribution in [3.8, 4) is 0 Å². The summed E-state index contributed by atoms with van der Waals surface area (Å²) in [5, 5.41) is 11.7. The fourth-order valence-electron chi connectivity index (χ4n) is 1.98. The Balaban J connectivity index is 4.43. The summed E-state index contributed by atoms with van der Waals surface area (Å²) in [7, 11) is 0. The van der Waals surface area contributed by atoms with Crippen LogP contribution in [0.4, 0.5) is 0 Å². The predicted molar refractivity (Wildman–Crippen MR) is 76.3 cm³/mol. The van der Waals surface area contributed by atoms with Gasteiger partial charge in [0.1, 0.15) is 0 Å². The lowest BCUT2D eigenvalue weighted by molar-refractivity contribution is -0.129. The van der Waals surface area contributed by atoms with E-state index in [4.69, 9.17) is 5.11 Å². The Labute approximate surface area is 112 Å². The normalized spacial score (nSPS) is 14.4. The maximum absolute atomic E-state index is 12.3. The minimum Gasteiger partial charge on any atom is -0.396 e. The van der Waals surface area contributed by atoms with Crippen LogP contribution in [-0.4, -0.2) is 24.2 Å². The Morgan fingerprint density at radius 1 is 1.11 bits per heavy atom. The molecule has 0 bridgehead atoms. The highest BCUT2D eigenvalue weighted by atomic mass is 16.2.